The maximum Gasteiger partial charge on any atom is 0.335 e. The highest BCUT2D eigenvalue weighted by Crippen LogP contribution is 2.49. The van der Waals surface area contributed by atoms with E-state index in [-0.39, 0.29) is 11.6 Å². The Balaban J connectivity index is 1.45. The van der Waals surface area contributed by atoms with Crippen LogP contribution in [0.1, 0.15) is 36.5 Å². The zero-order chi connectivity index (χ0) is 26.7. The number of esters is 1. The van der Waals surface area contributed by atoms with Gasteiger partial charge in [-0.2, -0.15) is 0 Å². The van der Waals surface area contributed by atoms with Crippen molar-refractivity contribution >= 4 is 35.2 Å². The Morgan fingerprint density at radius 3 is 2.39 bits per heavy atom. The van der Waals surface area contributed by atoms with E-state index in [4.69, 9.17) is 4.74 Å². The number of aryl methyl sites for hydroxylation is 1. The summed E-state index contributed by atoms with van der Waals surface area (Å²) in [4.78, 5) is 44.6. The van der Waals surface area contributed by atoms with Crippen LogP contribution in [0.15, 0.2) is 72.8 Å². The third-order valence-corrected chi connectivity index (χ3v) is 7.74. The van der Waals surface area contributed by atoms with Gasteiger partial charge in [0.2, 0.25) is 11.8 Å². The largest absolute Gasteiger partial charge is 0.425 e. The molecule has 3 aliphatic rings. The molecule has 0 bridgehead atoms. The molecule has 0 radical (unpaired) electrons. The third kappa shape index (κ3) is 3.64. The number of rotatable bonds is 4. The lowest BCUT2D eigenvalue weighted by Crippen LogP contribution is -2.50. The van der Waals surface area contributed by atoms with Gasteiger partial charge >= 0.3 is 5.97 Å². The van der Waals surface area contributed by atoms with Crippen molar-refractivity contribution in [3.8, 4) is 5.75 Å². The molecule has 3 aliphatic heterocycles. The molecule has 4 atom stereocenters. The van der Waals surface area contributed by atoms with Crippen LogP contribution in [-0.4, -0.2) is 29.9 Å². The molecule has 0 spiro atoms. The van der Waals surface area contributed by atoms with Gasteiger partial charge in [-0.25, -0.2) is 14.1 Å². The Bertz CT molecular complexity index is 1500. The molecule has 0 aliphatic carbocycles. The van der Waals surface area contributed by atoms with E-state index in [9.17, 15) is 18.8 Å². The van der Waals surface area contributed by atoms with Crippen molar-refractivity contribution in [1.29, 1.82) is 0 Å². The second-order valence-corrected chi connectivity index (χ2v) is 10.4. The number of carbonyl (C=O) groups is 3. The van der Waals surface area contributed by atoms with Crippen LogP contribution in [0.3, 0.4) is 0 Å². The molecule has 2 fully saturated rings. The molecule has 0 unspecified atom stereocenters. The average Bonchev–Trinajstić information content (AvgIpc) is 3.37. The fraction of sp³-hybridized carbons (Fsp3) is 0.258. The Labute approximate surface area is 220 Å². The molecule has 7 heteroatoms. The Morgan fingerprint density at radius 1 is 0.947 bits per heavy atom. The molecule has 0 aromatic heterocycles. The van der Waals surface area contributed by atoms with Crippen LogP contribution in [0.5, 0.6) is 5.75 Å². The highest BCUT2D eigenvalue weighted by Gasteiger charge is 2.65. The van der Waals surface area contributed by atoms with E-state index in [1.54, 1.807) is 0 Å². The maximum absolute atomic E-state index is 14.0. The van der Waals surface area contributed by atoms with Crippen LogP contribution in [-0.2, 0) is 14.4 Å². The minimum absolute atomic E-state index is 0.116. The van der Waals surface area contributed by atoms with E-state index < -0.39 is 47.5 Å². The predicted molar refractivity (Wildman–Crippen MR) is 142 cm³/mol. The number of imide groups is 1. The summed E-state index contributed by atoms with van der Waals surface area (Å²) in [6.45, 7) is 5.97. The highest BCUT2D eigenvalue weighted by molar-refractivity contribution is 6.24. The SMILES string of the molecule is Cc1ccc(C(C)C)c(OC(=O)[C@H]2[C@@H]3C(=O)N(c4ccc(F)cc4)C(=O)[C@@H]3[C@H]3C=Cc4ccccc4N32)c1. The molecule has 6 nitrogen and oxygen atoms in total. The quantitative estimate of drug-likeness (QED) is 0.272. The van der Waals surface area contributed by atoms with E-state index in [1.807, 2.05) is 80.3 Å². The number of fused-ring (bicyclic) bond motifs is 5. The van der Waals surface area contributed by atoms with Crippen molar-refractivity contribution in [3.05, 3.63) is 95.3 Å². The van der Waals surface area contributed by atoms with Gasteiger partial charge < -0.3 is 9.64 Å². The number of para-hydroxylation sites is 1. The summed E-state index contributed by atoms with van der Waals surface area (Å²) in [6.07, 6.45) is 3.82. The molecule has 0 saturated carbocycles. The van der Waals surface area contributed by atoms with Gasteiger partial charge in [0.1, 0.15) is 17.6 Å². The number of anilines is 2. The van der Waals surface area contributed by atoms with Gasteiger partial charge in [0, 0.05) is 5.69 Å². The van der Waals surface area contributed by atoms with Crippen LogP contribution in [0.2, 0.25) is 0 Å². The summed E-state index contributed by atoms with van der Waals surface area (Å²) in [6, 6.07) is 17.1. The van der Waals surface area contributed by atoms with Gasteiger partial charge in [0.25, 0.3) is 0 Å². The first-order valence-electron chi connectivity index (χ1n) is 12.8. The summed E-state index contributed by atoms with van der Waals surface area (Å²) in [5, 5.41) is 0. The smallest absolute Gasteiger partial charge is 0.335 e. The molecule has 6 rings (SSSR count). The summed E-state index contributed by atoms with van der Waals surface area (Å²) in [7, 11) is 0. The molecular weight excluding hydrogens is 483 g/mol. The van der Waals surface area contributed by atoms with Crippen molar-refractivity contribution in [3.63, 3.8) is 0 Å². The summed E-state index contributed by atoms with van der Waals surface area (Å²) in [5.41, 5.74) is 3.79. The minimum Gasteiger partial charge on any atom is -0.425 e. The number of hydrogen-bond donors (Lipinski definition) is 0. The van der Waals surface area contributed by atoms with Crippen LogP contribution in [0, 0.1) is 24.6 Å². The molecular formula is C31H27FN2O4. The average molecular weight is 511 g/mol. The molecule has 3 aromatic carbocycles. The lowest BCUT2D eigenvalue weighted by Gasteiger charge is -2.36. The van der Waals surface area contributed by atoms with E-state index in [1.165, 1.54) is 24.3 Å². The Kier molecular flexibility index (Phi) is 5.67. The molecule has 2 amide bonds. The van der Waals surface area contributed by atoms with Gasteiger partial charge in [-0.3, -0.25) is 9.59 Å². The fourth-order valence-electron chi connectivity index (χ4n) is 6.00. The fourth-order valence-corrected chi connectivity index (χ4v) is 6.00. The van der Waals surface area contributed by atoms with Gasteiger partial charge in [0.05, 0.1) is 23.6 Å². The summed E-state index contributed by atoms with van der Waals surface area (Å²) >= 11 is 0. The number of halogens is 1. The lowest BCUT2D eigenvalue weighted by molar-refractivity contribution is -0.139. The van der Waals surface area contributed by atoms with Crippen molar-refractivity contribution in [2.75, 3.05) is 9.80 Å². The first-order chi connectivity index (χ1) is 18.3. The van der Waals surface area contributed by atoms with Crippen LogP contribution in [0.4, 0.5) is 15.8 Å². The molecule has 3 heterocycles. The molecule has 2 saturated heterocycles. The Hall–Kier alpha value is -4.26. The maximum atomic E-state index is 14.0. The van der Waals surface area contributed by atoms with Gasteiger partial charge in [-0.1, -0.05) is 56.3 Å². The number of ether oxygens (including phenoxy) is 1. The molecule has 192 valence electrons. The first-order valence-corrected chi connectivity index (χ1v) is 12.8. The highest BCUT2D eigenvalue weighted by atomic mass is 19.1. The zero-order valence-corrected chi connectivity index (χ0v) is 21.3. The van der Waals surface area contributed by atoms with Gasteiger partial charge in [0.15, 0.2) is 0 Å². The minimum atomic E-state index is -1.02. The zero-order valence-electron chi connectivity index (χ0n) is 21.3. The number of benzene rings is 3. The van der Waals surface area contributed by atoms with E-state index in [0.717, 1.165) is 27.3 Å². The van der Waals surface area contributed by atoms with Crippen LogP contribution in [0.25, 0.3) is 6.08 Å². The van der Waals surface area contributed by atoms with Crippen molar-refractivity contribution in [1.82, 2.24) is 0 Å². The molecule has 3 aromatic rings. The molecule has 0 N–H and O–H groups in total. The van der Waals surface area contributed by atoms with Gasteiger partial charge in [-0.15, -0.1) is 0 Å². The lowest BCUT2D eigenvalue weighted by atomic mass is 9.88. The summed E-state index contributed by atoms with van der Waals surface area (Å²) < 4.78 is 19.6. The number of carbonyl (C=O) groups excluding carboxylic acids is 3. The second-order valence-electron chi connectivity index (χ2n) is 10.4. The third-order valence-electron chi connectivity index (χ3n) is 7.74. The first kappa shape index (κ1) is 24.1. The second kappa shape index (κ2) is 8.94. The number of hydrogen-bond acceptors (Lipinski definition) is 5. The van der Waals surface area contributed by atoms with Crippen molar-refractivity contribution in [2.45, 2.75) is 38.8 Å². The van der Waals surface area contributed by atoms with Gasteiger partial charge in [-0.05, 0) is 65.9 Å². The number of nitrogens with zero attached hydrogens (tertiary/aromatic N) is 2. The van der Waals surface area contributed by atoms with E-state index >= 15 is 0 Å². The predicted octanol–water partition coefficient (Wildman–Crippen LogP) is 5.25. The van der Waals surface area contributed by atoms with E-state index in [2.05, 4.69) is 0 Å². The topological polar surface area (TPSA) is 66.9 Å². The standard InChI is InChI=1S/C31H27FN2O4/c1-17(2)22-14-8-18(3)16-25(22)38-31(37)28-27-26(24-15-9-19-6-4-5-7-23(19)34(24)28)29(35)33(30(27)36)21-12-10-20(32)11-13-21/h4-17,24,26-28H,1-3H3/t24-,26-,27-,28-/m1/s1. The Morgan fingerprint density at radius 2 is 1.66 bits per heavy atom. The van der Waals surface area contributed by atoms with Crippen molar-refractivity contribution < 1.29 is 23.5 Å². The van der Waals surface area contributed by atoms with E-state index in [0.29, 0.717) is 5.75 Å². The van der Waals surface area contributed by atoms with Crippen LogP contribution < -0.4 is 14.5 Å². The van der Waals surface area contributed by atoms with Crippen LogP contribution >= 0.6 is 0 Å². The normalized spacial score (nSPS) is 23.5. The summed E-state index contributed by atoms with van der Waals surface area (Å²) in [5.74, 6) is -3.09. The van der Waals surface area contributed by atoms with Crippen molar-refractivity contribution in [2.24, 2.45) is 11.8 Å². The monoisotopic (exact) mass is 510 g/mol. The number of amides is 2. The molecule has 38 heavy (non-hydrogen) atoms.